The molecule has 0 atom stereocenters. The van der Waals surface area contributed by atoms with Crippen molar-refractivity contribution in [3.63, 3.8) is 0 Å². The molecule has 0 aliphatic rings. The topological polar surface area (TPSA) is 68.3 Å². The first-order valence-electron chi connectivity index (χ1n) is 9.22. The van der Waals surface area contributed by atoms with Crippen LogP contribution in [0.15, 0.2) is 47.6 Å². The highest BCUT2D eigenvalue weighted by Gasteiger charge is 2.06. The molecule has 3 aromatic rings. The molecule has 0 saturated heterocycles. The van der Waals surface area contributed by atoms with Gasteiger partial charge in [-0.3, -0.25) is 4.99 Å². The molecule has 0 unspecified atom stereocenters. The van der Waals surface area contributed by atoms with Gasteiger partial charge in [-0.2, -0.15) is 0 Å². The maximum Gasteiger partial charge on any atom is 0.191 e. The number of H-pyrrole nitrogens is 1. The second kappa shape index (κ2) is 8.58. The number of anilines is 1. The normalized spacial score (nSPS) is 11.6. The molecule has 0 amide bonds. The lowest BCUT2D eigenvalue weighted by atomic mass is 10.1. The SMILES string of the molecule is CN=C(NCCc1c[nH]c2c(C)cccc12)NCc1cccc(N(C)C)n1. The largest absolute Gasteiger partial charge is 0.363 e. The highest BCUT2D eigenvalue weighted by Crippen LogP contribution is 2.21. The van der Waals surface area contributed by atoms with Gasteiger partial charge in [-0.15, -0.1) is 0 Å². The number of aromatic nitrogens is 2. The smallest absolute Gasteiger partial charge is 0.191 e. The Labute approximate surface area is 160 Å². The first-order chi connectivity index (χ1) is 13.1. The molecule has 6 heteroatoms. The number of guanidine groups is 1. The fourth-order valence-electron chi connectivity index (χ4n) is 3.10. The Morgan fingerprint density at radius 3 is 2.74 bits per heavy atom. The van der Waals surface area contributed by atoms with E-state index in [1.165, 1.54) is 22.0 Å². The molecule has 0 spiro atoms. The van der Waals surface area contributed by atoms with Crippen LogP contribution in [0.5, 0.6) is 0 Å². The number of hydrogen-bond acceptors (Lipinski definition) is 3. The lowest BCUT2D eigenvalue weighted by Crippen LogP contribution is -2.38. The molecule has 2 heterocycles. The molecule has 1 aromatic carbocycles. The number of rotatable bonds is 6. The second-order valence-corrected chi connectivity index (χ2v) is 6.80. The van der Waals surface area contributed by atoms with E-state index < -0.39 is 0 Å². The zero-order valence-electron chi connectivity index (χ0n) is 16.5. The van der Waals surface area contributed by atoms with Crippen LogP contribution in [0.1, 0.15) is 16.8 Å². The average Bonchev–Trinajstić information content (AvgIpc) is 3.09. The maximum absolute atomic E-state index is 4.62. The van der Waals surface area contributed by atoms with Gasteiger partial charge in [0.15, 0.2) is 5.96 Å². The molecular formula is C21H28N6. The number of aryl methyl sites for hydroxylation is 1. The molecule has 142 valence electrons. The van der Waals surface area contributed by atoms with Crippen molar-refractivity contribution in [3.8, 4) is 0 Å². The monoisotopic (exact) mass is 364 g/mol. The fourth-order valence-corrected chi connectivity index (χ4v) is 3.10. The minimum Gasteiger partial charge on any atom is -0.363 e. The minimum atomic E-state index is 0.633. The molecule has 0 radical (unpaired) electrons. The average molecular weight is 364 g/mol. The van der Waals surface area contributed by atoms with Gasteiger partial charge >= 0.3 is 0 Å². The van der Waals surface area contributed by atoms with Crippen molar-refractivity contribution in [2.45, 2.75) is 19.9 Å². The van der Waals surface area contributed by atoms with E-state index in [2.05, 4.69) is 56.9 Å². The van der Waals surface area contributed by atoms with Crippen LogP contribution in [0.2, 0.25) is 0 Å². The van der Waals surface area contributed by atoms with Crippen LogP contribution >= 0.6 is 0 Å². The van der Waals surface area contributed by atoms with Gasteiger partial charge in [0, 0.05) is 44.8 Å². The van der Waals surface area contributed by atoms with Gasteiger partial charge in [-0.05, 0) is 36.6 Å². The first-order valence-corrected chi connectivity index (χ1v) is 9.22. The van der Waals surface area contributed by atoms with E-state index in [1.807, 2.05) is 37.2 Å². The summed E-state index contributed by atoms with van der Waals surface area (Å²) in [5.74, 6) is 1.73. The number of hydrogen-bond donors (Lipinski definition) is 3. The fraction of sp³-hybridized carbons (Fsp3) is 0.333. The Kier molecular flexibility index (Phi) is 5.96. The number of fused-ring (bicyclic) bond motifs is 1. The highest BCUT2D eigenvalue weighted by molar-refractivity contribution is 5.86. The minimum absolute atomic E-state index is 0.633. The Bertz CT molecular complexity index is 925. The van der Waals surface area contributed by atoms with Gasteiger partial charge in [0.25, 0.3) is 0 Å². The highest BCUT2D eigenvalue weighted by atomic mass is 15.2. The lowest BCUT2D eigenvalue weighted by molar-refractivity contribution is 0.784. The van der Waals surface area contributed by atoms with Gasteiger partial charge in [-0.25, -0.2) is 4.98 Å². The molecule has 0 fully saturated rings. The van der Waals surface area contributed by atoms with Crippen LogP contribution in [0.25, 0.3) is 10.9 Å². The van der Waals surface area contributed by atoms with Crippen LogP contribution in [0.4, 0.5) is 5.82 Å². The summed E-state index contributed by atoms with van der Waals surface area (Å²) in [6.07, 6.45) is 3.03. The van der Waals surface area contributed by atoms with E-state index in [-0.39, 0.29) is 0 Å². The van der Waals surface area contributed by atoms with Gasteiger partial charge in [0.2, 0.25) is 0 Å². The number of pyridine rings is 1. The second-order valence-electron chi connectivity index (χ2n) is 6.80. The van der Waals surface area contributed by atoms with Gasteiger partial charge in [-0.1, -0.05) is 24.3 Å². The lowest BCUT2D eigenvalue weighted by Gasteiger charge is -2.14. The number of aromatic amines is 1. The van der Waals surface area contributed by atoms with Crippen molar-refractivity contribution in [2.24, 2.45) is 4.99 Å². The van der Waals surface area contributed by atoms with Crippen molar-refractivity contribution in [2.75, 3.05) is 32.6 Å². The molecule has 0 saturated carbocycles. The zero-order chi connectivity index (χ0) is 19.2. The molecule has 0 bridgehead atoms. The zero-order valence-corrected chi connectivity index (χ0v) is 16.5. The van der Waals surface area contributed by atoms with Crippen molar-refractivity contribution < 1.29 is 0 Å². The third kappa shape index (κ3) is 4.58. The number of benzene rings is 1. The number of para-hydroxylation sites is 1. The van der Waals surface area contributed by atoms with Crippen molar-refractivity contribution in [3.05, 3.63) is 59.4 Å². The summed E-state index contributed by atoms with van der Waals surface area (Å²) in [4.78, 5) is 14.3. The van der Waals surface area contributed by atoms with E-state index in [1.54, 1.807) is 7.05 Å². The van der Waals surface area contributed by atoms with E-state index in [0.29, 0.717) is 6.54 Å². The summed E-state index contributed by atoms with van der Waals surface area (Å²) < 4.78 is 0. The van der Waals surface area contributed by atoms with E-state index >= 15 is 0 Å². The Hall–Kier alpha value is -3.02. The van der Waals surface area contributed by atoms with Crippen molar-refractivity contribution >= 4 is 22.7 Å². The third-order valence-electron chi connectivity index (χ3n) is 4.61. The number of aliphatic imine (C=N–C) groups is 1. The van der Waals surface area contributed by atoms with Crippen LogP contribution in [-0.2, 0) is 13.0 Å². The predicted molar refractivity (Wildman–Crippen MR) is 114 cm³/mol. The van der Waals surface area contributed by atoms with Gasteiger partial charge < -0.3 is 20.5 Å². The standard InChI is InChI=1S/C21H28N6/c1-15-7-5-9-18-16(13-24-20(15)18)11-12-23-21(22-2)25-14-17-8-6-10-19(26-17)27(3)4/h5-10,13,24H,11-12,14H2,1-4H3,(H2,22,23,25). The molecule has 6 nitrogen and oxygen atoms in total. The van der Waals surface area contributed by atoms with Gasteiger partial charge in [0.1, 0.15) is 5.82 Å². The number of nitrogens with zero attached hydrogens (tertiary/aromatic N) is 3. The molecule has 3 N–H and O–H groups in total. The Morgan fingerprint density at radius 2 is 1.96 bits per heavy atom. The summed E-state index contributed by atoms with van der Waals surface area (Å²) >= 11 is 0. The van der Waals surface area contributed by atoms with Crippen molar-refractivity contribution in [1.29, 1.82) is 0 Å². The summed E-state index contributed by atoms with van der Waals surface area (Å²) in [7, 11) is 5.77. The van der Waals surface area contributed by atoms with Crippen LogP contribution < -0.4 is 15.5 Å². The third-order valence-corrected chi connectivity index (χ3v) is 4.61. The summed E-state index contributed by atoms with van der Waals surface area (Å²) in [5.41, 5.74) is 4.80. The molecule has 2 aromatic heterocycles. The van der Waals surface area contributed by atoms with Crippen LogP contribution in [0, 0.1) is 6.92 Å². The molecule has 0 aliphatic heterocycles. The Balaban J connectivity index is 1.53. The predicted octanol–water partition coefficient (Wildman–Crippen LogP) is 2.85. The Morgan fingerprint density at radius 1 is 1.15 bits per heavy atom. The van der Waals surface area contributed by atoms with Crippen LogP contribution in [0.3, 0.4) is 0 Å². The van der Waals surface area contributed by atoms with E-state index in [4.69, 9.17) is 0 Å². The quantitative estimate of drug-likeness (QED) is 0.465. The van der Waals surface area contributed by atoms with Gasteiger partial charge in [0.05, 0.1) is 12.2 Å². The van der Waals surface area contributed by atoms with Crippen LogP contribution in [-0.4, -0.2) is 43.6 Å². The van der Waals surface area contributed by atoms with E-state index in [9.17, 15) is 0 Å². The molecule has 3 rings (SSSR count). The van der Waals surface area contributed by atoms with E-state index in [0.717, 1.165) is 30.4 Å². The first kappa shape index (κ1) is 18.8. The summed E-state index contributed by atoms with van der Waals surface area (Å²) in [5, 5.41) is 8.01. The van der Waals surface area contributed by atoms with Crippen molar-refractivity contribution in [1.82, 2.24) is 20.6 Å². The number of nitrogens with one attached hydrogen (secondary N) is 3. The molecule has 27 heavy (non-hydrogen) atoms. The molecule has 0 aliphatic carbocycles. The molecular weight excluding hydrogens is 336 g/mol. The summed E-state index contributed by atoms with van der Waals surface area (Å²) in [6.45, 7) is 3.57. The summed E-state index contributed by atoms with van der Waals surface area (Å²) in [6, 6.07) is 12.4. The maximum atomic E-state index is 4.62.